The van der Waals surface area contributed by atoms with E-state index in [1.165, 1.54) is 11.1 Å². The number of nitrogens with zero attached hydrogens (tertiary/aromatic N) is 2. The third-order valence-electron chi connectivity index (χ3n) is 4.56. The lowest BCUT2D eigenvalue weighted by atomic mass is 9.99. The molecule has 4 nitrogen and oxygen atoms in total. The maximum Gasteiger partial charge on any atom is 0.238 e. The summed E-state index contributed by atoms with van der Waals surface area (Å²) in [6.07, 6.45) is 2.21. The molecule has 0 aliphatic carbocycles. The third kappa shape index (κ3) is 3.64. The first-order valence-corrected chi connectivity index (χ1v) is 8.27. The summed E-state index contributed by atoms with van der Waals surface area (Å²) in [5.74, 6) is -0.0137. The molecule has 2 aromatic carbocycles. The zero-order chi connectivity index (χ0) is 16.9. The van der Waals surface area contributed by atoms with Crippen molar-refractivity contribution in [1.82, 2.24) is 4.90 Å². The molecular weight excluding hydrogens is 298 g/mol. The lowest BCUT2D eigenvalue weighted by Crippen LogP contribution is -2.33. The van der Waals surface area contributed by atoms with Gasteiger partial charge >= 0.3 is 0 Å². The summed E-state index contributed by atoms with van der Waals surface area (Å²) in [6.45, 7) is 3.46. The van der Waals surface area contributed by atoms with E-state index < -0.39 is 0 Å². The third-order valence-corrected chi connectivity index (χ3v) is 4.56. The SMILES string of the molecule is Cc1ccccc1C1CCCN1CC(=O)Nc1ccc(C#N)cc1. The van der Waals surface area contributed by atoms with Gasteiger partial charge in [-0.05, 0) is 61.7 Å². The number of carbonyl (C=O) groups excluding carboxylic acids is 1. The summed E-state index contributed by atoms with van der Waals surface area (Å²) < 4.78 is 0. The van der Waals surface area contributed by atoms with Gasteiger partial charge in [0.15, 0.2) is 0 Å². The second-order valence-corrected chi connectivity index (χ2v) is 6.22. The molecule has 0 saturated carbocycles. The molecule has 1 heterocycles. The fourth-order valence-corrected chi connectivity index (χ4v) is 3.34. The van der Waals surface area contributed by atoms with Crippen molar-refractivity contribution in [2.75, 3.05) is 18.4 Å². The highest BCUT2D eigenvalue weighted by Gasteiger charge is 2.28. The molecule has 0 radical (unpaired) electrons. The van der Waals surface area contributed by atoms with Crippen LogP contribution in [-0.2, 0) is 4.79 Å². The smallest absolute Gasteiger partial charge is 0.238 e. The Kier molecular flexibility index (Phi) is 4.93. The van der Waals surface area contributed by atoms with Crippen molar-refractivity contribution >= 4 is 11.6 Å². The van der Waals surface area contributed by atoms with Crippen molar-refractivity contribution in [2.45, 2.75) is 25.8 Å². The minimum atomic E-state index is -0.0137. The van der Waals surface area contributed by atoms with Gasteiger partial charge in [-0.1, -0.05) is 24.3 Å². The molecule has 1 N–H and O–H groups in total. The Morgan fingerprint density at radius 1 is 1.25 bits per heavy atom. The molecule has 1 aliphatic rings. The van der Waals surface area contributed by atoms with Crippen molar-refractivity contribution in [3.8, 4) is 6.07 Å². The molecule has 1 unspecified atom stereocenters. The van der Waals surface area contributed by atoms with Crippen LogP contribution in [0.15, 0.2) is 48.5 Å². The molecule has 122 valence electrons. The first-order chi connectivity index (χ1) is 11.7. The molecule has 24 heavy (non-hydrogen) atoms. The maximum atomic E-state index is 12.4. The molecule has 3 rings (SSSR count). The number of anilines is 1. The van der Waals surface area contributed by atoms with Crippen LogP contribution < -0.4 is 5.32 Å². The number of nitriles is 1. The lowest BCUT2D eigenvalue weighted by Gasteiger charge is -2.25. The second kappa shape index (κ2) is 7.29. The highest BCUT2D eigenvalue weighted by Crippen LogP contribution is 2.33. The van der Waals surface area contributed by atoms with Gasteiger partial charge in [0.05, 0.1) is 18.2 Å². The zero-order valence-corrected chi connectivity index (χ0v) is 13.8. The zero-order valence-electron chi connectivity index (χ0n) is 13.8. The number of aryl methyl sites for hydroxylation is 1. The van der Waals surface area contributed by atoms with Crippen LogP contribution in [0.2, 0.25) is 0 Å². The normalized spacial score (nSPS) is 17.4. The fourth-order valence-electron chi connectivity index (χ4n) is 3.34. The van der Waals surface area contributed by atoms with E-state index in [-0.39, 0.29) is 5.91 Å². The number of nitrogens with one attached hydrogen (secondary N) is 1. The molecule has 1 aliphatic heterocycles. The van der Waals surface area contributed by atoms with Crippen molar-refractivity contribution in [2.24, 2.45) is 0 Å². The number of hydrogen-bond donors (Lipinski definition) is 1. The fraction of sp³-hybridized carbons (Fsp3) is 0.300. The van der Waals surface area contributed by atoms with Gasteiger partial charge in [-0.2, -0.15) is 5.26 Å². The van der Waals surface area contributed by atoms with E-state index in [1.807, 2.05) is 0 Å². The first-order valence-electron chi connectivity index (χ1n) is 8.27. The van der Waals surface area contributed by atoms with Gasteiger partial charge < -0.3 is 5.32 Å². The van der Waals surface area contributed by atoms with Gasteiger partial charge in [0.2, 0.25) is 5.91 Å². The van der Waals surface area contributed by atoms with Crippen LogP contribution in [-0.4, -0.2) is 23.9 Å². The summed E-state index contributed by atoms with van der Waals surface area (Å²) in [4.78, 5) is 14.6. The predicted molar refractivity (Wildman–Crippen MR) is 94.5 cm³/mol. The Hall–Kier alpha value is -2.64. The molecule has 2 aromatic rings. The van der Waals surface area contributed by atoms with Crippen LogP contribution in [0.3, 0.4) is 0 Å². The highest BCUT2D eigenvalue weighted by molar-refractivity contribution is 5.92. The summed E-state index contributed by atoms with van der Waals surface area (Å²) >= 11 is 0. The van der Waals surface area contributed by atoms with Crippen molar-refractivity contribution in [3.63, 3.8) is 0 Å². The predicted octanol–water partition coefficient (Wildman–Crippen LogP) is 3.64. The van der Waals surface area contributed by atoms with Crippen LogP contribution in [0.4, 0.5) is 5.69 Å². The first kappa shape index (κ1) is 16.2. The van der Waals surface area contributed by atoms with Gasteiger partial charge in [0.25, 0.3) is 0 Å². The van der Waals surface area contributed by atoms with Crippen LogP contribution in [0.25, 0.3) is 0 Å². The maximum absolute atomic E-state index is 12.4. The molecular formula is C20H21N3O. The molecule has 0 spiro atoms. The topological polar surface area (TPSA) is 56.1 Å². The Bertz CT molecular complexity index is 761. The van der Waals surface area contributed by atoms with Gasteiger partial charge in [-0.15, -0.1) is 0 Å². The van der Waals surface area contributed by atoms with E-state index in [1.54, 1.807) is 24.3 Å². The number of amides is 1. The number of carbonyl (C=O) groups is 1. The monoisotopic (exact) mass is 319 g/mol. The van der Waals surface area contributed by atoms with Crippen molar-refractivity contribution < 1.29 is 4.79 Å². The largest absolute Gasteiger partial charge is 0.325 e. The summed E-state index contributed by atoms with van der Waals surface area (Å²) in [7, 11) is 0. The Labute approximate surface area is 142 Å². The van der Waals surface area contributed by atoms with E-state index >= 15 is 0 Å². The number of benzene rings is 2. The quantitative estimate of drug-likeness (QED) is 0.936. The van der Waals surface area contributed by atoms with Crippen LogP contribution >= 0.6 is 0 Å². The van der Waals surface area contributed by atoms with Gasteiger partial charge in [0.1, 0.15) is 0 Å². The molecule has 0 aromatic heterocycles. The van der Waals surface area contributed by atoms with E-state index in [0.29, 0.717) is 18.2 Å². The van der Waals surface area contributed by atoms with Gasteiger partial charge in [0, 0.05) is 11.7 Å². The van der Waals surface area contributed by atoms with Crippen LogP contribution in [0, 0.1) is 18.3 Å². The van der Waals surface area contributed by atoms with Crippen molar-refractivity contribution in [1.29, 1.82) is 5.26 Å². The molecule has 4 heteroatoms. The van der Waals surface area contributed by atoms with E-state index in [4.69, 9.17) is 5.26 Å². The van der Waals surface area contributed by atoms with Gasteiger partial charge in [-0.3, -0.25) is 9.69 Å². The number of hydrogen-bond acceptors (Lipinski definition) is 3. The average Bonchev–Trinajstić information content (AvgIpc) is 3.03. The standard InChI is InChI=1S/C20H21N3O/c1-15-5-2-3-6-18(15)19-7-4-12-23(19)14-20(24)22-17-10-8-16(13-21)9-11-17/h2-3,5-6,8-11,19H,4,7,12,14H2,1H3,(H,22,24). The Balaban J connectivity index is 1.65. The molecule has 0 bridgehead atoms. The van der Waals surface area contributed by atoms with E-state index in [0.717, 1.165) is 25.1 Å². The minimum absolute atomic E-state index is 0.0137. The minimum Gasteiger partial charge on any atom is -0.325 e. The second-order valence-electron chi connectivity index (χ2n) is 6.22. The molecule has 1 fully saturated rings. The highest BCUT2D eigenvalue weighted by atomic mass is 16.2. The summed E-state index contributed by atoms with van der Waals surface area (Å²) in [5.41, 5.74) is 3.92. The summed E-state index contributed by atoms with van der Waals surface area (Å²) in [5, 5.41) is 11.7. The van der Waals surface area contributed by atoms with Crippen LogP contribution in [0.1, 0.15) is 35.6 Å². The number of likely N-dealkylation sites (tertiary alicyclic amines) is 1. The van der Waals surface area contributed by atoms with Crippen LogP contribution in [0.5, 0.6) is 0 Å². The van der Waals surface area contributed by atoms with Gasteiger partial charge in [-0.25, -0.2) is 0 Å². The average molecular weight is 319 g/mol. The molecule has 1 atom stereocenters. The lowest BCUT2D eigenvalue weighted by molar-refractivity contribution is -0.117. The van der Waals surface area contributed by atoms with Crippen molar-refractivity contribution in [3.05, 3.63) is 65.2 Å². The molecule has 1 amide bonds. The Morgan fingerprint density at radius 3 is 2.71 bits per heavy atom. The van der Waals surface area contributed by atoms with E-state index in [9.17, 15) is 4.79 Å². The summed E-state index contributed by atoms with van der Waals surface area (Å²) in [6, 6.07) is 17.7. The number of rotatable bonds is 4. The Morgan fingerprint density at radius 2 is 2.00 bits per heavy atom. The van der Waals surface area contributed by atoms with E-state index in [2.05, 4.69) is 47.5 Å². The molecule has 1 saturated heterocycles.